The summed E-state index contributed by atoms with van der Waals surface area (Å²) in [6.07, 6.45) is 2.69. The molecule has 5 nitrogen and oxygen atoms in total. The Morgan fingerprint density at radius 2 is 2.00 bits per heavy atom. The largest absolute Gasteiger partial charge is 0.474 e. The molecular formula is C21H28F2N2O3. The molecule has 0 radical (unpaired) electrons. The first-order valence-electron chi connectivity index (χ1n) is 10.3. The molecule has 3 fully saturated rings. The van der Waals surface area contributed by atoms with Gasteiger partial charge in [0.15, 0.2) is 0 Å². The monoisotopic (exact) mass is 394 g/mol. The van der Waals surface area contributed by atoms with Gasteiger partial charge in [0.05, 0.1) is 11.8 Å². The van der Waals surface area contributed by atoms with Gasteiger partial charge in [-0.3, -0.25) is 4.79 Å². The zero-order valence-corrected chi connectivity index (χ0v) is 16.2. The number of rotatable bonds is 5. The fourth-order valence-electron chi connectivity index (χ4n) is 4.82. The quantitative estimate of drug-likeness (QED) is 0.830. The van der Waals surface area contributed by atoms with Gasteiger partial charge >= 0.3 is 0 Å². The first kappa shape index (κ1) is 19.6. The number of alkyl halides is 2. The second-order valence-electron chi connectivity index (χ2n) is 8.67. The summed E-state index contributed by atoms with van der Waals surface area (Å²) in [5.41, 5.74) is 0.587. The lowest BCUT2D eigenvalue weighted by atomic mass is 9.67. The Labute approximate surface area is 164 Å². The number of aliphatic hydroxyl groups is 1. The third-order valence-electron chi connectivity index (χ3n) is 6.66. The number of carbonyl (C=O) groups is 1. The highest BCUT2D eigenvalue weighted by atomic mass is 19.3. The molecule has 28 heavy (non-hydrogen) atoms. The van der Waals surface area contributed by atoms with Gasteiger partial charge in [0.25, 0.3) is 6.43 Å². The molecule has 2 heterocycles. The van der Waals surface area contributed by atoms with Crippen LogP contribution < -0.4 is 4.74 Å². The fraction of sp³-hybridized carbons (Fsp3) is 0.714. The van der Waals surface area contributed by atoms with E-state index in [2.05, 4.69) is 4.98 Å². The molecule has 1 aromatic heterocycles. The Hall–Kier alpha value is -1.76. The molecule has 3 aliphatic rings. The Kier molecular flexibility index (Phi) is 5.29. The molecule has 2 aliphatic carbocycles. The van der Waals surface area contributed by atoms with Gasteiger partial charge < -0.3 is 14.7 Å². The van der Waals surface area contributed by atoms with Gasteiger partial charge in [-0.2, -0.15) is 0 Å². The second-order valence-corrected chi connectivity index (χ2v) is 8.67. The average molecular weight is 394 g/mol. The molecule has 0 unspecified atom stereocenters. The summed E-state index contributed by atoms with van der Waals surface area (Å²) in [6, 6.07) is 2.96. The van der Waals surface area contributed by atoms with E-state index in [0.717, 1.165) is 38.8 Å². The van der Waals surface area contributed by atoms with Gasteiger partial charge in [0.1, 0.15) is 6.10 Å². The minimum atomic E-state index is -2.52. The maximum atomic E-state index is 13.0. The summed E-state index contributed by atoms with van der Waals surface area (Å²) in [4.78, 5) is 18.6. The number of likely N-dealkylation sites (tertiary alicyclic amines) is 1. The van der Waals surface area contributed by atoms with Gasteiger partial charge in [-0.05, 0) is 51.0 Å². The number of nitrogens with zero attached hydrogens (tertiary/aromatic N) is 2. The van der Waals surface area contributed by atoms with Crippen molar-refractivity contribution >= 4 is 5.91 Å². The smallest absolute Gasteiger partial charge is 0.265 e. The highest BCUT2D eigenvalue weighted by Gasteiger charge is 2.49. The number of carbonyl (C=O) groups excluding carboxylic acids is 1. The first-order chi connectivity index (χ1) is 13.4. The molecule has 0 bridgehead atoms. The van der Waals surface area contributed by atoms with Gasteiger partial charge in [-0.1, -0.05) is 6.92 Å². The fourth-order valence-corrected chi connectivity index (χ4v) is 4.82. The van der Waals surface area contributed by atoms with Crippen LogP contribution in [-0.4, -0.2) is 46.2 Å². The summed E-state index contributed by atoms with van der Waals surface area (Å²) >= 11 is 0. The van der Waals surface area contributed by atoms with Crippen molar-refractivity contribution in [2.45, 2.75) is 70.5 Å². The number of hydrogen-bond donors (Lipinski definition) is 1. The molecule has 2 saturated carbocycles. The molecule has 1 aromatic rings. The minimum absolute atomic E-state index is 0.0158. The average Bonchev–Trinajstić information content (AvgIpc) is 2.63. The van der Waals surface area contributed by atoms with Crippen molar-refractivity contribution in [2.24, 2.45) is 11.3 Å². The molecule has 1 aliphatic heterocycles. The van der Waals surface area contributed by atoms with Crippen LogP contribution in [0.4, 0.5) is 8.78 Å². The van der Waals surface area contributed by atoms with Crippen molar-refractivity contribution in [1.29, 1.82) is 0 Å². The van der Waals surface area contributed by atoms with Gasteiger partial charge in [0, 0.05) is 36.1 Å². The molecular weight excluding hydrogens is 366 g/mol. The summed E-state index contributed by atoms with van der Waals surface area (Å²) in [6.45, 7) is 3.44. The van der Waals surface area contributed by atoms with Crippen molar-refractivity contribution in [2.75, 3.05) is 13.1 Å². The van der Waals surface area contributed by atoms with Gasteiger partial charge in [-0.15, -0.1) is 0 Å². The lowest BCUT2D eigenvalue weighted by Crippen LogP contribution is -2.62. The standard InChI is InChI=1S/C21H28F2N2O3/c1-2-17-16(19(22)23)3-4-18(24-17)28-15-5-7-21(8-6-15)11-25(12-21)20(27)13-9-14(26)10-13/h3-4,13-15,19,26H,2,5-12H2,1H3. The van der Waals surface area contributed by atoms with Gasteiger partial charge in [0.2, 0.25) is 11.8 Å². The van der Waals surface area contributed by atoms with Crippen LogP contribution >= 0.6 is 0 Å². The van der Waals surface area contributed by atoms with Crippen LogP contribution in [0.25, 0.3) is 0 Å². The Bertz CT molecular complexity index is 720. The van der Waals surface area contributed by atoms with Crippen LogP contribution in [0.15, 0.2) is 12.1 Å². The van der Waals surface area contributed by atoms with Crippen LogP contribution in [0, 0.1) is 11.3 Å². The van der Waals surface area contributed by atoms with E-state index >= 15 is 0 Å². The first-order valence-corrected chi connectivity index (χ1v) is 10.3. The van der Waals surface area contributed by atoms with Crippen molar-refractivity contribution in [3.05, 3.63) is 23.4 Å². The maximum absolute atomic E-state index is 13.0. The number of amides is 1. The number of ether oxygens (including phenoxy) is 1. The lowest BCUT2D eigenvalue weighted by molar-refractivity contribution is -0.158. The van der Waals surface area contributed by atoms with Crippen LogP contribution in [0.5, 0.6) is 5.88 Å². The Morgan fingerprint density at radius 3 is 2.57 bits per heavy atom. The molecule has 4 rings (SSSR count). The molecule has 154 valence electrons. The van der Waals surface area contributed by atoms with Crippen LogP contribution in [0.1, 0.15) is 63.1 Å². The number of hydrogen-bond acceptors (Lipinski definition) is 4. The molecule has 0 atom stereocenters. The van der Waals surface area contributed by atoms with E-state index in [9.17, 15) is 18.7 Å². The van der Waals surface area contributed by atoms with E-state index in [1.807, 2.05) is 11.8 Å². The van der Waals surface area contributed by atoms with Gasteiger partial charge in [-0.25, -0.2) is 13.8 Å². The number of pyridine rings is 1. The predicted molar refractivity (Wildman–Crippen MR) is 99.2 cm³/mol. The molecule has 1 spiro atoms. The Morgan fingerprint density at radius 1 is 1.32 bits per heavy atom. The zero-order chi connectivity index (χ0) is 19.9. The number of halogens is 2. The summed E-state index contributed by atoms with van der Waals surface area (Å²) < 4.78 is 32.0. The topological polar surface area (TPSA) is 62.7 Å². The second kappa shape index (κ2) is 7.58. The van der Waals surface area contributed by atoms with E-state index < -0.39 is 6.43 Å². The number of aromatic nitrogens is 1. The third kappa shape index (κ3) is 3.73. The lowest BCUT2D eigenvalue weighted by Gasteiger charge is -2.54. The van der Waals surface area contributed by atoms with E-state index in [1.165, 1.54) is 6.07 Å². The van der Waals surface area contributed by atoms with Crippen molar-refractivity contribution < 1.29 is 23.4 Å². The summed E-state index contributed by atoms with van der Waals surface area (Å²) in [5, 5.41) is 9.38. The highest BCUT2D eigenvalue weighted by Crippen LogP contribution is 2.46. The molecule has 1 amide bonds. The maximum Gasteiger partial charge on any atom is 0.265 e. The zero-order valence-electron chi connectivity index (χ0n) is 16.2. The van der Waals surface area contributed by atoms with Crippen molar-refractivity contribution in [3.63, 3.8) is 0 Å². The van der Waals surface area contributed by atoms with Crippen LogP contribution in [0.3, 0.4) is 0 Å². The van der Waals surface area contributed by atoms with E-state index in [-0.39, 0.29) is 35.0 Å². The molecule has 0 aromatic carbocycles. The molecule has 1 saturated heterocycles. The normalized spacial score (nSPS) is 26.8. The van der Waals surface area contributed by atoms with E-state index in [1.54, 1.807) is 6.07 Å². The summed E-state index contributed by atoms with van der Waals surface area (Å²) in [5.74, 6) is 0.642. The SMILES string of the molecule is CCc1nc(OC2CCC3(CC2)CN(C(=O)C2CC(O)C2)C3)ccc1C(F)F. The number of aryl methyl sites for hydroxylation is 1. The van der Waals surface area contributed by atoms with Crippen molar-refractivity contribution in [1.82, 2.24) is 9.88 Å². The molecule has 1 N–H and O–H groups in total. The minimum Gasteiger partial charge on any atom is -0.474 e. The predicted octanol–water partition coefficient (Wildman–Crippen LogP) is 3.50. The van der Waals surface area contributed by atoms with Crippen molar-refractivity contribution in [3.8, 4) is 5.88 Å². The summed E-state index contributed by atoms with van der Waals surface area (Å²) in [7, 11) is 0. The third-order valence-corrected chi connectivity index (χ3v) is 6.66. The van der Waals surface area contributed by atoms with E-state index in [0.29, 0.717) is 30.8 Å². The van der Waals surface area contributed by atoms with Crippen LogP contribution in [0.2, 0.25) is 0 Å². The Balaban J connectivity index is 1.27. The van der Waals surface area contributed by atoms with Crippen LogP contribution in [-0.2, 0) is 11.2 Å². The van der Waals surface area contributed by atoms with E-state index in [4.69, 9.17) is 4.74 Å². The number of aliphatic hydroxyl groups excluding tert-OH is 1. The molecule has 7 heteroatoms. The highest BCUT2D eigenvalue weighted by molar-refractivity contribution is 5.80.